The van der Waals surface area contributed by atoms with Crippen LogP contribution in [0, 0.1) is 0 Å². The number of ether oxygens (including phenoxy) is 4. The summed E-state index contributed by atoms with van der Waals surface area (Å²) in [5.41, 5.74) is 10.7. The maximum Gasteiger partial charge on any atom is 0.126 e. The van der Waals surface area contributed by atoms with E-state index in [4.69, 9.17) is 18.9 Å². The van der Waals surface area contributed by atoms with Crippen molar-refractivity contribution in [1.29, 1.82) is 0 Å². The van der Waals surface area contributed by atoms with E-state index in [9.17, 15) is 10.2 Å². The molecule has 8 heteroatoms. The molecule has 2 unspecified atom stereocenters. The quantitative estimate of drug-likeness (QED) is 0.0429. The predicted octanol–water partition coefficient (Wildman–Crippen LogP) is 24.8. The zero-order valence-corrected chi connectivity index (χ0v) is 59.1. The van der Waals surface area contributed by atoms with Gasteiger partial charge in [0, 0.05) is 77.1 Å². The molecule has 1 aliphatic rings. The van der Waals surface area contributed by atoms with Crippen LogP contribution >= 0.6 is 31.9 Å². The summed E-state index contributed by atoms with van der Waals surface area (Å²) < 4.78 is 29.9. The fourth-order valence-electron chi connectivity index (χ4n) is 14.5. The van der Waals surface area contributed by atoms with Gasteiger partial charge in [-0.1, -0.05) is 291 Å². The van der Waals surface area contributed by atoms with E-state index in [1.807, 2.05) is 28.4 Å². The summed E-state index contributed by atoms with van der Waals surface area (Å²) in [5, 5.41) is 23.0. The predicted molar refractivity (Wildman–Crippen MR) is 374 cm³/mol. The van der Waals surface area contributed by atoms with Crippen LogP contribution < -0.4 is 18.9 Å². The highest BCUT2D eigenvalue weighted by atomic mass is 79.9. The van der Waals surface area contributed by atoms with Crippen LogP contribution in [0.2, 0.25) is 0 Å². The second kappa shape index (κ2) is 43.6. The van der Waals surface area contributed by atoms with Crippen LogP contribution in [0.4, 0.5) is 0 Å². The standard InChI is InChI=1S/C78H122Br2O6/c1-9-13-17-21-25-29-33-37-41-45-63-67-49-59(57-81)51-69(75(67)83-5)64(46-42-38-34-30-26-22-18-14-10-2)71-53-61(79)55-73(77(71)85-7)66(48-44-40-36-32-28-24-20-16-12-4)74-56-62(80)54-72(78(74)86-8)65(47-43-39-35-31-27-23-19-15-11-3)70-52-60(58-82)50-68(63)76(70)84-6/h49-56,63-66,81-82H,9-48,57-58H2,1-8H3. The minimum atomic E-state index is -0.157. The topological polar surface area (TPSA) is 77.4 Å². The van der Waals surface area contributed by atoms with Gasteiger partial charge in [0.1, 0.15) is 23.0 Å². The largest absolute Gasteiger partial charge is 0.496 e. The van der Waals surface area contributed by atoms with Crippen molar-refractivity contribution in [2.24, 2.45) is 0 Å². The van der Waals surface area contributed by atoms with Gasteiger partial charge in [-0.3, -0.25) is 0 Å². The van der Waals surface area contributed by atoms with Crippen molar-refractivity contribution in [3.8, 4) is 23.0 Å². The van der Waals surface area contributed by atoms with E-state index in [2.05, 4.69) is 108 Å². The monoisotopic (exact) mass is 1310 g/mol. The van der Waals surface area contributed by atoms with Crippen LogP contribution in [0.3, 0.4) is 0 Å². The molecule has 4 aromatic rings. The van der Waals surface area contributed by atoms with E-state index in [-0.39, 0.29) is 36.9 Å². The molecule has 0 fully saturated rings. The number of hydrogen-bond acceptors (Lipinski definition) is 6. The number of methoxy groups -OCH3 is 4. The summed E-state index contributed by atoms with van der Waals surface area (Å²) in [6.07, 6.45) is 48.5. The summed E-state index contributed by atoms with van der Waals surface area (Å²) in [5.74, 6) is 3.19. The summed E-state index contributed by atoms with van der Waals surface area (Å²) in [6, 6.07) is 18.3. The number of halogens is 2. The maximum absolute atomic E-state index is 11.5. The summed E-state index contributed by atoms with van der Waals surface area (Å²) in [7, 11) is 7.49. The Morgan fingerprint density at radius 1 is 0.267 bits per heavy atom. The van der Waals surface area contributed by atoms with Crippen LogP contribution in [-0.4, -0.2) is 38.7 Å². The van der Waals surface area contributed by atoms with Crippen LogP contribution in [0.5, 0.6) is 23.0 Å². The Bertz CT molecular complexity index is 2320. The second-order valence-corrected chi connectivity index (χ2v) is 27.7. The molecule has 484 valence electrons. The van der Waals surface area contributed by atoms with Crippen LogP contribution in [0.1, 0.15) is 364 Å². The van der Waals surface area contributed by atoms with Crippen LogP contribution in [0.25, 0.3) is 0 Å². The molecule has 0 aromatic heterocycles. The molecule has 0 radical (unpaired) electrons. The molecule has 0 saturated heterocycles. The molecule has 0 amide bonds. The molecule has 2 N–H and O–H groups in total. The minimum absolute atomic E-state index is 0.0604. The van der Waals surface area contributed by atoms with Crippen molar-refractivity contribution in [3.63, 3.8) is 0 Å². The number of aliphatic hydroxyl groups is 2. The molecule has 1 aliphatic carbocycles. The highest BCUT2D eigenvalue weighted by Gasteiger charge is 2.36. The summed E-state index contributed by atoms with van der Waals surface area (Å²) >= 11 is 8.37. The molecule has 6 nitrogen and oxygen atoms in total. The number of hydrogen-bond donors (Lipinski definition) is 2. The highest BCUT2D eigenvalue weighted by molar-refractivity contribution is 9.10. The molecule has 0 spiro atoms. The average Bonchev–Trinajstić information content (AvgIpc) is 0.825. The van der Waals surface area contributed by atoms with E-state index >= 15 is 0 Å². The highest BCUT2D eigenvalue weighted by Crippen LogP contribution is 2.54. The third-order valence-corrected chi connectivity index (χ3v) is 20.1. The number of fused-ring (bicyclic) bond motifs is 8. The van der Waals surface area contributed by atoms with Crippen molar-refractivity contribution >= 4 is 31.9 Å². The number of rotatable bonds is 46. The normalized spacial score (nSPS) is 15.8. The first-order valence-electron chi connectivity index (χ1n) is 35.6. The first-order valence-corrected chi connectivity index (χ1v) is 37.1. The Kier molecular flexibility index (Phi) is 37.4. The van der Waals surface area contributed by atoms with E-state index in [1.54, 1.807) is 0 Å². The molecule has 0 aliphatic heterocycles. The minimum Gasteiger partial charge on any atom is -0.496 e. The lowest BCUT2D eigenvalue weighted by Crippen LogP contribution is -2.16. The van der Waals surface area contributed by atoms with Crippen molar-refractivity contribution < 1.29 is 29.2 Å². The number of benzene rings is 4. The van der Waals surface area contributed by atoms with Gasteiger partial charge in [-0.15, -0.1) is 0 Å². The lowest BCUT2D eigenvalue weighted by Gasteiger charge is -2.33. The lowest BCUT2D eigenvalue weighted by atomic mass is 9.75. The molecular formula is C78H122Br2O6. The van der Waals surface area contributed by atoms with Gasteiger partial charge in [-0.05, 0) is 85.3 Å². The maximum atomic E-state index is 11.5. The lowest BCUT2D eigenvalue weighted by molar-refractivity contribution is 0.281. The summed E-state index contributed by atoms with van der Waals surface area (Å²) in [6.45, 7) is 9.00. The third-order valence-electron chi connectivity index (χ3n) is 19.2. The van der Waals surface area contributed by atoms with Crippen molar-refractivity contribution in [2.45, 2.75) is 321 Å². The SMILES string of the molecule is CCCCCCCCCCCC1c2cc(Br)cc(c2OC)C(CCCCCCCCCCC)c2cc(CO)cc(c2OC)C(CCCCCCCCCCC)c2cc(CO)cc(c2OC)C(CCCCCCCCCCC)c2cc(Br)cc1c2OC. The Morgan fingerprint density at radius 3 is 0.593 bits per heavy atom. The van der Waals surface area contributed by atoms with E-state index in [0.29, 0.717) is 0 Å². The van der Waals surface area contributed by atoms with Crippen LogP contribution in [-0.2, 0) is 13.2 Å². The first kappa shape index (κ1) is 73.7. The van der Waals surface area contributed by atoms with E-state index < -0.39 is 0 Å². The fourth-order valence-corrected chi connectivity index (χ4v) is 15.5. The van der Waals surface area contributed by atoms with Gasteiger partial charge in [-0.25, -0.2) is 0 Å². The smallest absolute Gasteiger partial charge is 0.126 e. The van der Waals surface area contributed by atoms with Crippen molar-refractivity contribution in [1.82, 2.24) is 0 Å². The first-order chi connectivity index (χ1) is 42.2. The van der Waals surface area contributed by atoms with E-state index in [1.165, 1.54) is 197 Å². The van der Waals surface area contributed by atoms with Gasteiger partial charge in [-0.2, -0.15) is 0 Å². The van der Waals surface area contributed by atoms with Gasteiger partial charge < -0.3 is 29.2 Å². The average molecular weight is 1320 g/mol. The fraction of sp³-hybridized carbons (Fsp3) is 0.692. The Morgan fingerprint density at radius 2 is 0.430 bits per heavy atom. The van der Waals surface area contributed by atoms with E-state index in [0.717, 1.165) is 147 Å². The van der Waals surface area contributed by atoms with Gasteiger partial charge in [0.05, 0.1) is 41.7 Å². The molecule has 2 atom stereocenters. The van der Waals surface area contributed by atoms with Gasteiger partial charge in [0.2, 0.25) is 0 Å². The molecule has 5 rings (SSSR count). The van der Waals surface area contributed by atoms with Crippen LogP contribution in [0.15, 0.2) is 57.5 Å². The van der Waals surface area contributed by atoms with Gasteiger partial charge >= 0.3 is 0 Å². The zero-order valence-electron chi connectivity index (χ0n) is 55.9. The Balaban J connectivity index is 1.83. The number of unbranched alkanes of at least 4 members (excludes halogenated alkanes) is 32. The summed E-state index contributed by atoms with van der Waals surface area (Å²) in [4.78, 5) is 0. The Labute approximate surface area is 543 Å². The molecule has 0 heterocycles. The van der Waals surface area contributed by atoms with Gasteiger partial charge in [0.25, 0.3) is 0 Å². The molecular weight excluding hydrogens is 1190 g/mol. The van der Waals surface area contributed by atoms with Crippen molar-refractivity contribution in [3.05, 3.63) is 113 Å². The Hall–Kier alpha value is -3.04. The zero-order chi connectivity index (χ0) is 61.7. The molecule has 4 aromatic carbocycles. The van der Waals surface area contributed by atoms with Crippen molar-refractivity contribution in [2.75, 3.05) is 28.4 Å². The molecule has 86 heavy (non-hydrogen) atoms. The second-order valence-electron chi connectivity index (χ2n) is 25.8. The third kappa shape index (κ3) is 23.3. The molecule has 0 saturated carbocycles. The van der Waals surface area contributed by atoms with Gasteiger partial charge in [0.15, 0.2) is 0 Å². The molecule has 8 bridgehead atoms. The number of aliphatic hydroxyl groups excluding tert-OH is 2.